The summed E-state index contributed by atoms with van der Waals surface area (Å²) in [5.41, 5.74) is 3.62. The first-order valence-corrected chi connectivity index (χ1v) is 10.1. The van der Waals surface area contributed by atoms with Crippen LogP contribution >= 0.6 is 0 Å². The summed E-state index contributed by atoms with van der Waals surface area (Å²) in [4.78, 5) is 30.2. The van der Waals surface area contributed by atoms with E-state index in [1.54, 1.807) is 18.3 Å². The fraction of sp³-hybridized carbons (Fsp3) is 0.261. The fourth-order valence-electron chi connectivity index (χ4n) is 3.99. The van der Waals surface area contributed by atoms with Crippen molar-refractivity contribution in [2.24, 2.45) is 0 Å². The highest BCUT2D eigenvalue weighted by Gasteiger charge is 2.34. The Labute approximate surface area is 173 Å². The molecule has 7 heteroatoms. The predicted molar refractivity (Wildman–Crippen MR) is 115 cm³/mol. The zero-order valence-corrected chi connectivity index (χ0v) is 16.6. The minimum Gasteiger partial charge on any atom is -0.460 e. The Kier molecular flexibility index (Phi) is 4.50. The van der Waals surface area contributed by atoms with Crippen LogP contribution in [0, 0.1) is 6.92 Å². The molecular weight excluding hydrogens is 380 g/mol. The maximum Gasteiger partial charge on any atom is 0.246 e. The molecule has 2 aromatic heterocycles. The summed E-state index contributed by atoms with van der Waals surface area (Å²) in [5.74, 6) is 1.65. The van der Waals surface area contributed by atoms with Crippen molar-refractivity contribution in [2.45, 2.75) is 19.3 Å². The second-order valence-electron chi connectivity index (χ2n) is 7.75. The van der Waals surface area contributed by atoms with Crippen molar-refractivity contribution in [2.75, 3.05) is 30.3 Å². The van der Waals surface area contributed by atoms with Crippen molar-refractivity contribution in [1.29, 1.82) is 0 Å². The third kappa shape index (κ3) is 3.32. The molecule has 0 saturated carbocycles. The number of likely N-dealkylation sites (tertiary alicyclic amines) is 1. The first-order chi connectivity index (χ1) is 14.6. The maximum absolute atomic E-state index is 12.5. The van der Waals surface area contributed by atoms with Gasteiger partial charge in [-0.25, -0.2) is 4.98 Å². The van der Waals surface area contributed by atoms with Crippen molar-refractivity contribution in [3.8, 4) is 0 Å². The molecule has 152 valence electrons. The van der Waals surface area contributed by atoms with Crippen LogP contribution in [0.3, 0.4) is 0 Å². The van der Waals surface area contributed by atoms with Gasteiger partial charge in [0.2, 0.25) is 11.8 Å². The van der Waals surface area contributed by atoms with E-state index in [1.165, 1.54) is 0 Å². The molecule has 0 bridgehead atoms. The van der Waals surface area contributed by atoms with E-state index in [4.69, 9.17) is 4.42 Å². The quantitative estimate of drug-likeness (QED) is 0.655. The van der Waals surface area contributed by atoms with E-state index in [2.05, 4.69) is 28.6 Å². The van der Waals surface area contributed by atoms with Gasteiger partial charge in [0.15, 0.2) is 5.82 Å². The second kappa shape index (κ2) is 7.33. The number of rotatable bonds is 3. The predicted octanol–water partition coefficient (Wildman–Crippen LogP) is 3.53. The van der Waals surface area contributed by atoms with Crippen LogP contribution in [0.2, 0.25) is 0 Å². The summed E-state index contributed by atoms with van der Waals surface area (Å²) in [6, 6.07) is 9.91. The summed E-state index contributed by atoms with van der Waals surface area (Å²) in [7, 11) is 0. The summed E-state index contributed by atoms with van der Waals surface area (Å²) in [6.45, 7) is 3.94. The molecule has 30 heavy (non-hydrogen) atoms. The highest BCUT2D eigenvalue weighted by molar-refractivity contribution is 5.95. The molecule has 0 atom stereocenters. The van der Waals surface area contributed by atoms with E-state index in [9.17, 15) is 9.59 Å². The zero-order chi connectivity index (χ0) is 20.7. The topological polar surface area (TPSA) is 87.5 Å². The van der Waals surface area contributed by atoms with Crippen molar-refractivity contribution in [3.05, 3.63) is 59.5 Å². The standard InChI is InChI=1S/C23H22N4O3/c1-14-17-4-2-3-5-19(17)30-22(14)16-12-27(13-16)21(29)7-6-15-10-18-23(25-11-15)26-20(28)8-9-24-18/h2-7,10-11,16,24H,8-9,12-13H2,1H3,(H,25,26,28)/b7-6+. The van der Waals surface area contributed by atoms with E-state index >= 15 is 0 Å². The van der Waals surface area contributed by atoms with Crippen LogP contribution in [0.15, 0.2) is 47.0 Å². The molecule has 2 amide bonds. The van der Waals surface area contributed by atoms with Crippen LogP contribution in [-0.2, 0) is 9.59 Å². The molecule has 2 aliphatic rings. The van der Waals surface area contributed by atoms with E-state index in [0.717, 1.165) is 33.5 Å². The third-order valence-corrected chi connectivity index (χ3v) is 5.70. The van der Waals surface area contributed by atoms with Crippen LogP contribution in [0.4, 0.5) is 11.5 Å². The number of nitrogens with one attached hydrogen (secondary N) is 2. The number of benzene rings is 1. The maximum atomic E-state index is 12.5. The number of pyridine rings is 1. The lowest BCUT2D eigenvalue weighted by Crippen LogP contribution is -2.47. The first kappa shape index (κ1) is 18.4. The second-order valence-corrected chi connectivity index (χ2v) is 7.75. The van der Waals surface area contributed by atoms with Gasteiger partial charge in [0, 0.05) is 43.7 Å². The summed E-state index contributed by atoms with van der Waals surface area (Å²) in [5, 5.41) is 7.08. The largest absolute Gasteiger partial charge is 0.460 e. The SMILES string of the molecule is Cc1c(C2CN(C(=O)/C=C/c3cnc4c(c3)NCCC(=O)N4)C2)oc2ccccc12. The Morgan fingerprint density at radius 3 is 2.97 bits per heavy atom. The molecule has 0 spiro atoms. The zero-order valence-electron chi connectivity index (χ0n) is 16.6. The highest BCUT2D eigenvalue weighted by atomic mass is 16.3. The van der Waals surface area contributed by atoms with Crippen molar-refractivity contribution < 1.29 is 14.0 Å². The summed E-state index contributed by atoms with van der Waals surface area (Å²) < 4.78 is 6.03. The molecule has 1 saturated heterocycles. The van der Waals surface area contributed by atoms with Crippen LogP contribution in [-0.4, -0.2) is 41.3 Å². The number of carbonyl (C=O) groups is 2. The van der Waals surface area contributed by atoms with Crippen molar-refractivity contribution in [1.82, 2.24) is 9.88 Å². The first-order valence-electron chi connectivity index (χ1n) is 10.1. The molecule has 2 aliphatic heterocycles. The van der Waals surface area contributed by atoms with Crippen LogP contribution in [0.25, 0.3) is 17.0 Å². The van der Waals surface area contributed by atoms with Gasteiger partial charge in [0.05, 0.1) is 11.6 Å². The number of fused-ring (bicyclic) bond motifs is 2. The Morgan fingerprint density at radius 2 is 2.13 bits per heavy atom. The van der Waals surface area contributed by atoms with Gasteiger partial charge in [-0.2, -0.15) is 0 Å². The average Bonchev–Trinajstić information content (AvgIpc) is 2.91. The molecule has 3 aromatic rings. The molecule has 1 fully saturated rings. The fourth-order valence-corrected chi connectivity index (χ4v) is 3.99. The lowest BCUT2D eigenvalue weighted by Gasteiger charge is -2.37. The number of anilines is 2. The summed E-state index contributed by atoms with van der Waals surface area (Å²) in [6.07, 6.45) is 5.37. The molecule has 5 rings (SSSR count). The third-order valence-electron chi connectivity index (χ3n) is 5.70. The van der Waals surface area contributed by atoms with Gasteiger partial charge in [-0.05, 0) is 36.3 Å². The van der Waals surface area contributed by atoms with Crippen LogP contribution in [0.5, 0.6) is 0 Å². The number of carbonyl (C=O) groups excluding carboxylic acids is 2. The number of aromatic nitrogens is 1. The van der Waals surface area contributed by atoms with Crippen molar-refractivity contribution in [3.63, 3.8) is 0 Å². The number of amides is 2. The minimum atomic E-state index is -0.0563. The number of nitrogens with zero attached hydrogens (tertiary/aromatic N) is 2. The molecule has 4 heterocycles. The summed E-state index contributed by atoms with van der Waals surface area (Å²) >= 11 is 0. The molecule has 1 aromatic carbocycles. The number of para-hydroxylation sites is 1. The highest BCUT2D eigenvalue weighted by Crippen LogP contribution is 2.35. The number of furan rings is 1. The van der Waals surface area contributed by atoms with Gasteiger partial charge in [-0.15, -0.1) is 0 Å². The van der Waals surface area contributed by atoms with Crippen molar-refractivity contribution >= 4 is 40.4 Å². The monoisotopic (exact) mass is 402 g/mol. The number of aryl methyl sites for hydroxylation is 1. The molecular formula is C23H22N4O3. The lowest BCUT2D eigenvalue weighted by molar-refractivity contribution is -0.130. The Balaban J connectivity index is 1.24. The Morgan fingerprint density at radius 1 is 1.30 bits per heavy atom. The van der Waals surface area contributed by atoms with Gasteiger partial charge in [0.1, 0.15) is 11.3 Å². The van der Waals surface area contributed by atoms with Crippen LogP contribution in [0.1, 0.15) is 29.2 Å². The normalized spacial score (nSPS) is 16.7. The van der Waals surface area contributed by atoms with Gasteiger partial charge in [-0.1, -0.05) is 18.2 Å². The van der Waals surface area contributed by atoms with Gasteiger partial charge >= 0.3 is 0 Å². The Bertz CT molecular complexity index is 1170. The van der Waals surface area contributed by atoms with E-state index in [-0.39, 0.29) is 17.7 Å². The van der Waals surface area contributed by atoms with E-state index in [0.29, 0.717) is 31.9 Å². The van der Waals surface area contributed by atoms with E-state index < -0.39 is 0 Å². The van der Waals surface area contributed by atoms with E-state index in [1.807, 2.05) is 29.2 Å². The minimum absolute atomic E-state index is 0.0313. The molecule has 0 aliphatic carbocycles. The molecule has 2 N–H and O–H groups in total. The molecule has 7 nitrogen and oxygen atoms in total. The molecule has 0 unspecified atom stereocenters. The smallest absolute Gasteiger partial charge is 0.246 e. The number of hydrogen-bond donors (Lipinski definition) is 2. The molecule has 0 radical (unpaired) electrons. The van der Waals surface area contributed by atoms with Gasteiger partial charge in [-0.3, -0.25) is 9.59 Å². The Hall–Kier alpha value is -3.61. The lowest BCUT2D eigenvalue weighted by atomic mass is 9.94. The van der Waals surface area contributed by atoms with Gasteiger partial charge in [0.25, 0.3) is 0 Å². The van der Waals surface area contributed by atoms with Crippen LogP contribution < -0.4 is 10.6 Å². The number of hydrogen-bond acceptors (Lipinski definition) is 5. The van der Waals surface area contributed by atoms with Gasteiger partial charge < -0.3 is 20.0 Å². The average molecular weight is 402 g/mol.